The van der Waals surface area contributed by atoms with Crippen LogP contribution in [0.4, 0.5) is 11.4 Å². The number of nitrogens with zero attached hydrogens (tertiary/aromatic N) is 2. The summed E-state index contributed by atoms with van der Waals surface area (Å²) in [6.07, 6.45) is 22.6. The predicted molar refractivity (Wildman–Crippen MR) is 187 cm³/mol. The maximum absolute atomic E-state index is 6.52. The molecule has 0 unspecified atom stereocenters. The van der Waals surface area contributed by atoms with Crippen LogP contribution in [-0.2, 0) is 0 Å². The first kappa shape index (κ1) is 33.9. The molecular formula is C40H52N2O. The minimum atomic E-state index is 0.376. The van der Waals surface area contributed by atoms with E-state index in [1.54, 1.807) is 0 Å². The number of ether oxygens (including phenoxy) is 1. The predicted octanol–water partition coefficient (Wildman–Crippen LogP) is 11.7. The Morgan fingerprint density at radius 1 is 0.674 bits per heavy atom. The summed E-state index contributed by atoms with van der Waals surface area (Å²) in [5, 5.41) is 0. The van der Waals surface area contributed by atoms with Crippen LogP contribution < -0.4 is 4.74 Å². The Hall–Kier alpha value is -3.64. The monoisotopic (exact) mass is 576 g/mol. The maximum Gasteiger partial charge on any atom is 0.136 e. The average Bonchev–Trinajstić information content (AvgIpc) is 3.02. The first-order valence-electron chi connectivity index (χ1n) is 16.5. The van der Waals surface area contributed by atoms with Crippen molar-refractivity contribution >= 4 is 23.8 Å². The number of benzene rings is 3. The highest BCUT2D eigenvalue weighted by atomic mass is 16.5. The van der Waals surface area contributed by atoms with Gasteiger partial charge in [-0.15, -0.1) is 6.42 Å². The van der Waals surface area contributed by atoms with Crippen molar-refractivity contribution in [2.24, 2.45) is 9.98 Å². The zero-order chi connectivity index (χ0) is 30.9. The first-order valence-corrected chi connectivity index (χ1v) is 16.5. The highest BCUT2D eigenvalue weighted by Gasteiger charge is 2.12. The highest BCUT2D eigenvalue weighted by Crippen LogP contribution is 2.30. The van der Waals surface area contributed by atoms with Gasteiger partial charge >= 0.3 is 0 Å². The van der Waals surface area contributed by atoms with Gasteiger partial charge in [0.25, 0.3) is 0 Å². The standard InChI is InChI=1S/C40H52N2O/c1-7-9-10-11-12-13-14-15-16-21-26-43-40-34(29-41-38-24-19-17-22-36(38)31(3)4)27-33(8-2)28-35(40)30-42-39-25-20-18-23-37(39)32(5)6/h2,17-20,22-25,27-32H,7,9-16,21,26H2,1,3-6H3. The number of para-hydroxylation sites is 2. The highest BCUT2D eigenvalue weighted by molar-refractivity contribution is 5.94. The van der Waals surface area contributed by atoms with Crippen molar-refractivity contribution in [3.05, 3.63) is 88.5 Å². The van der Waals surface area contributed by atoms with Gasteiger partial charge < -0.3 is 4.74 Å². The van der Waals surface area contributed by atoms with Crippen molar-refractivity contribution in [2.45, 2.75) is 111 Å². The summed E-state index contributed by atoms with van der Waals surface area (Å²) in [5.41, 5.74) is 6.89. The van der Waals surface area contributed by atoms with Crippen LogP contribution in [0.15, 0.2) is 70.6 Å². The van der Waals surface area contributed by atoms with Crippen molar-refractivity contribution in [2.75, 3.05) is 6.61 Å². The molecule has 3 rings (SSSR count). The van der Waals surface area contributed by atoms with E-state index < -0.39 is 0 Å². The van der Waals surface area contributed by atoms with Crippen LogP contribution in [0, 0.1) is 12.3 Å². The number of terminal acetylenes is 1. The fourth-order valence-corrected chi connectivity index (χ4v) is 5.34. The number of unbranched alkanes of at least 4 members (excludes halogenated alkanes) is 9. The van der Waals surface area contributed by atoms with Crippen molar-refractivity contribution in [3.63, 3.8) is 0 Å². The van der Waals surface area contributed by atoms with Crippen LogP contribution in [0.2, 0.25) is 0 Å². The molecule has 0 atom stereocenters. The molecule has 0 N–H and O–H groups in total. The lowest BCUT2D eigenvalue weighted by atomic mass is 10.0. The molecule has 0 spiro atoms. The van der Waals surface area contributed by atoms with Gasteiger partial charge in [0.1, 0.15) is 5.75 Å². The Balaban J connectivity index is 1.83. The van der Waals surface area contributed by atoms with Crippen LogP contribution in [0.3, 0.4) is 0 Å². The SMILES string of the molecule is C#Cc1cc(C=Nc2ccccc2C(C)C)c(OCCCCCCCCCCCC)c(C=Nc2ccccc2C(C)C)c1. The van der Waals surface area contributed by atoms with Crippen LogP contribution >= 0.6 is 0 Å². The molecule has 3 aromatic rings. The van der Waals surface area contributed by atoms with Gasteiger partial charge in [-0.2, -0.15) is 0 Å². The zero-order valence-corrected chi connectivity index (χ0v) is 27.2. The van der Waals surface area contributed by atoms with E-state index in [-0.39, 0.29) is 0 Å². The maximum atomic E-state index is 6.52. The number of hydrogen-bond donors (Lipinski definition) is 0. The second-order valence-electron chi connectivity index (χ2n) is 12.1. The number of aliphatic imine (C=N–C) groups is 2. The van der Waals surface area contributed by atoms with Gasteiger partial charge in [0.15, 0.2) is 0 Å². The molecule has 0 saturated heterocycles. The third kappa shape index (κ3) is 11.2. The molecule has 3 aromatic carbocycles. The molecule has 0 aliphatic carbocycles. The van der Waals surface area contributed by atoms with E-state index >= 15 is 0 Å². The average molecular weight is 577 g/mol. The molecule has 0 heterocycles. The fourth-order valence-electron chi connectivity index (χ4n) is 5.34. The number of hydrogen-bond acceptors (Lipinski definition) is 3. The molecule has 3 nitrogen and oxygen atoms in total. The van der Waals surface area contributed by atoms with E-state index in [0.29, 0.717) is 18.4 Å². The van der Waals surface area contributed by atoms with E-state index in [1.165, 1.54) is 68.9 Å². The van der Waals surface area contributed by atoms with Crippen molar-refractivity contribution in [3.8, 4) is 18.1 Å². The van der Waals surface area contributed by atoms with Crippen LogP contribution in [-0.4, -0.2) is 19.0 Å². The molecule has 0 amide bonds. The molecular weight excluding hydrogens is 524 g/mol. The van der Waals surface area contributed by atoms with Gasteiger partial charge in [-0.3, -0.25) is 9.98 Å². The van der Waals surface area contributed by atoms with E-state index in [4.69, 9.17) is 21.1 Å². The van der Waals surface area contributed by atoms with Crippen LogP contribution in [0.1, 0.15) is 138 Å². The van der Waals surface area contributed by atoms with Crippen LogP contribution in [0.25, 0.3) is 0 Å². The van der Waals surface area contributed by atoms with Crippen molar-refractivity contribution in [1.29, 1.82) is 0 Å². The quantitative estimate of drug-likeness (QED) is 0.0842. The summed E-state index contributed by atoms with van der Waals surface area (Å²) in [7, 11) is 0. The van der Waals surface area contributed by atoms with Gasteiger partial charge in [-0.25, -0.2) is 0 Å². The van der Waals surface area contributed by atoms with Gasteiger partial charge in [-0.1, -0.05) is 135 Å². The largest absolute Gasteiger partial charge is 0.492 e. The second-order valence-corrected chi connectivity index (χ2v) is 12.1. The zero-order valence-electron chi connectivity index (χ0n) is 27.2. The Bertz CT molecular complexity index is 1280. The molecule has 0 bridgehead atoms. The molecule has 0 fully saturated rings. The Kier molecular flexibility index (Phi) is 14.8. The van der Waals surface area contributed by atoms with Crippen LogP contribution in [0.5, 0.6) is 5.75 Å². The molecule has 43 heavy (non-hydrogen) atoms. The Labute approximate surface area is 261 Å². The minimum Gasteiger partial charge on any atom is -0.492 e. The number of rotatable bonds is 18. The Morgan fingerprint density at radius 2 is 1.12 bits per heavy atom. The summed E-state index contributed by atoms with van der Waals surface area (Å²) < 4.78 is 6.52. The summed E-state index contributed by atoms with van der Waals surface area (Å²) in [4.78, 5) is 9.83. The lowest BCUT2D eigenvalue weighted by molar-refractivity contribution is 0.303. The van der Waals surface area contributed by atoms with E-state index in [1.807, 2.05) is 36.7 Å². The lowest BCUT2D eigenvalue weighted by Crippen LogP contribution is -2.04. The Morgan fingerprint density at radius 3 is 1.56 bits per heavy atom. The summed E-state index contributed by atoms with van der Waals surface area (Å²) in [6.45, 7) is 11.7. The molecule has 0 saturated carbocycles. The third-order valence-electron chi connectivity index (χ3n) is 7.86. The summed E-state index contributed by atoms with van der Waals surface area (Å²) >= 11 is 0. The summed E-state index contributed by atoms with van der Waals surface area (Å²) in [5.74, 6) is 4.36. The van der Waals surface area contributed by atoms with Gasteiger partial charge in [-0.05, 0) is 53.6 Å². The first-order chi connectivity index (χ1) is 20.9. The molecule has 0 aliphatic heterocycles. The van der Waals surface area contributed by atoms with Gasteiger partial charge in [0.05, 0.1) is 18.0 Å². The molecule has 0 aromatic heterocycles. The van der Waals surface area contributed by atoms with E-state index in [9.17, 15) is 0 Å². The molecule has 0 radical (unpaired) electrons. The minimum absolute atomic E-state index is 0.376. The smallest absolute Gasteiger partial charge is 0.136 e. The van der Waals surface area contributed by atoms with Gasteiger partial charge in [0.2, 0.25) is 0 Å². The normalized spacial score (nSPS) is 11.7. The second kappa shape index (κ2) is 18.8. The summed E-state index contributed by atoms with van der Waals surface area (Å²) in [6, 6.07) is 20.6. The molecule has 3 heteroatoms. The van der Waals surface area contributed by atoms with E-state index in [0.717, 1.165) is 40.2 Å². The lowest BCUT2D eigenvalue weighted by Gasteiger charge is -2.14. The molecule has 228 valence electrons. The van der Waals surface area contributed by atoms with Crippen molar-refractivity contribution in [1.82, 2.24) is 0 Å². The van der Waals surface area contributed by atoms with Crippen molar-refractivity contribution < 1.29 is 4.74 Å². The fraction of sp³-hybridized carbons (Fsp3) is 0.450. The van der Waals surface area contributed by atoms with Gasteiger partial charge in [0, 0.05) is 29.1 Å². The molecule has 0 aliphatic rings. The topological polar surface area (TPSA) is 34.0 Å². The third-order valence-corrected chi connectivity index (χ3v) is 7.86. The van der Waals surface area contributed by atoms with E-state index in [2.05, 4.69) is 76.9 Å².